The Hall–Kier alpha value is -3.23. The van der Waals surface area contributed by atoms with Gasteiger partial charge in [-0.25, -0.2) is 13.2 Å². The topological polar surface area (TPSA) is 74.8 Å². The van der Waals surface area contributed by atoms with Crippen LogP contribution in [0.4, 0.5) is 18.9 Å². The molecular formula is C18H19F3N4O2. The van der Waals surface area contributed by atoms with Crippen LogP contribution in [0, 0.1) is 17.5 Å². The highest BCUT2D eigenvalue weighted by Crippen LogP contribution is 2.19. The van der Waals surface area contributed by atoms with Crippen molar-refractivity contribution < 1.29 is 22.7 Å². The highest BCUT2D eigenvalue weighted by atomic mass is 19.2. The summed E-state index contributed by atoms with van der Waals surface area (Å²) in [7, 11) is 1.51. The van der Waals surface area contributed by atoms with Crippen molar-refractivity contribution in [3.8, 4) is 5.75 Å². The quantitative estimate of drug-likeness (QED) is 0.298. The van der Waals surface area contributed by atoms with E-state index in [4.69, 9.17) is 4.74 Å². The van der Waals surface area contributed by atoms with E-state index < -0.39 is 29.0 Å². The van der Waals surface area contributed by atoms with Gasteiger partial charge in [-0.05, 0) is 24.3 Å². The number of hydrogen-bond donors (Lipinski definition) is 3. The number of aliphatic imine (C=N–C) groups is 1. The third-order valence-corrected chi connectivity index (χ3v) is 3.36. The molecule has 0 atom stereocenters. The summed E-state index contributed by atoms with van der Waals surface area (Å²) < 4.78 is 45.1. The Morgan fingerprint density at radius 1 is 1.04 bits per heavy atom. The first kappa shape index (κ1) is 20.1. The summed E-state index contributed by atoms with van der Waals surface area (Å²) in [6.07, 6.45) is 0. The van der Waals surface area contributed by atoms with Gasteiger partial charge in [0.15, 0.2) is 23.4 Å². The molecule has 3 N–H and O–H groups in total. The van der Waals surface area contributed by atoms with E-state index >= 15 is 0 Å². The Morgan fingerprint density at radius 3 is 2.48 bits per heavy atom. The van der Waals surface area contributed by atoms with Crippen LogP contribution in [0.3, 0.4) is 0 Å². The molecular weight excluding hydrogens is 361 g/mol. The minimum absolute atomic E-state index is 0.252. The van der Waals surface area contributed by atoms with Gasteiger partial charge in [-0.1, -0.05) is 18.2 Å². The molecule has 9 heteroatoms. The standard InChI is InChI=1S/C18H19F3N4O2/c1-22-18(23-9-10-27-12-5-3-2-4-6-12)24-11-15(26)25-14-8-7-13(19)16(20)17(14)21/h2-8H,9-11H2,1H3,(H,25,26)(H2,22,23,24). The second-order valence-corrected chi connectivity index (χ2v) is 5.29. The minimum Gasteiger partial charge on any atom is -0.492 e. The molecule has 0 fully saturated rings. The number of carbonyl (C=O) groups is 1. The minimum atomic E-state index is -1.64. The van der Waals surface area contributed by atoms with Crippen molar-refractivity contribution in [2.45, 2.75) is 0 Å². The third-order valence-electron chi connectivity index (χ3n) is 3.36. The number of benzene rings is 2. The monoisotopic (exact) mass is 380 g/mol. The van der Waals surface area contributed by atoms with Crippen LogP contribution < -0.4 is 20.7 Å². The lowest BCUT2D eigenvalue weighted by Crippen LogP contribution is -2.42. The molecule has 27 heavy (non-hydrogen) atoms. The molecule has 0 radical (unpaired) electrons. The van der Waals surface area contributed by atoms with Crippen molar-refractivity contribution in [2.24, 2.45) is 4.99 Å². The molecule has 0 aliphatic heterocycles. The predicted octanol–water partition coefficient (Wildman–Crippen LogP) is 2.29. The van der Waals surface area contributed by atoms with Gasteiger partial charge in [0.05, 0.1) is 18.8 Å². The molecule has 0 bridgehead atoms. The van der Waals surface area contributed by atoms with Gasteiger partial charge in [0, 0.05) is 7.05 Å². The fourth-order valence-corrected chi connectivity index (χ4v) is 2.06. The number of guanidine groups is 1. The zero-order valence-corrected chi connectivity index (χ0v) is 14.6. The smallest absolute Gasteiger partial charge is 0.243 e. The normalized spacial score (nSPS) is 11.0. The number of ether oxygens (including phenoxy) is 1. The maximum absolute atomic E-state index is 13.5. The van der Waals surface area contributed by atoms with E-state index in [9.17, 15) is 18.0 Å². The molecule has 0 unspecified atom stereocenters. The molecule has 1 amide bonds. The number of para-hydroxylation sites is 1. The molecule has 2 aromatic carbocycles. The van der Waals surface area contributed by atoms with Crippen molar-refractivity contribution in [1.82, 2.24) is 10.6 Å². The van der Waals surface area contributed by atoms with Crippen LogP contribution in [0.25, 0.3) is 0 Å². The first-order valence-electron chi connectivity index (χ1n) is 8.07. The largest absolute Gasteiger partial charge is 0.492 e. The summed E-state index contributed by atoms with van der Waals surface area (Å²) in [5, 5.41) is 7.81. The summed E-state index contributed by atoms with van der Waals surface area (Å²) in [4.78, 5) is 15.8. The molecule has 0 aliphatic rings. The number of nitrogens with zero attached hydrogens (tertiary/aromatic N) is 1. The van der Waals surface area contributed by atoms with E-state index in [0.717, 1.165) is 17.9 Å². The van der Waals surface area contributed by atoms with Gasteiger partial charge in [-0.2, -0.15) is 0 Å². The van der Waals surface area contributed by atoms with Gasteiger partial charge in [0.25, 0.3) is 0 Å². The first-order valence-corrected chi connectivity index (χ1v) is 8.07. The van der Waals surface area contributed by atoms with Crippen molar-refractivity contribution in [3.05, 3.63) is 59.9 Å². The highest BCUT2D eigenvalue weighted by molar-refractivity contribution is 5.95. The van der Waals surface area contributed by atoms with Crippen LogP contribution in [-0.2, 0) is 4.79 Å². The number of carbonyl (C=O) groups excluding carboxylic acids is 1. The van der Waals surface area contributed by atoms with Crippen molar-refractivity contribution in [3.63, 3.8) is 0 Å². The Morgan fingerprint density at radius 2 is 1.78 bits per heavy atom. The maximum atomic E-state index is 13.5. The summed E-state index contributed by atoms with van der Waals surface area (Å²) in [5.41, 5.74) is -0.445. The summed E-state index contributed by atoms with van der Waals surface area (Å²) in [6.45, 7) is 0.544. The van der Waals surface area contributed by atoms with Crippen LogP contribution in [0.1, 0.15) is 0 Å². The number of hydrogen-bond acceptors (Lipinski definition) is 3. The Labute approximate surface area is 154 Å². The average Bonchev–Trinajstić information content (AvgIpc) is 2.68. The number of amides is 1. The van der Waals surface area contributed by atoms with Crippen LogP contribution in [0.15, 0.2) is 47.5 Å². The second-order valence-electron chi connectivity index (χ2n) is 5.29. The van der Waals surface area contributed by atoms with E-state index in [1.807, 2.05) is 30.3 Å². The molecule has 0 saturated heterocycles. The predicted molar refractivity (Wildman–Crippen MR) is 96.2 cm³/mol. The van der Waals surface area contributed by atoms with Crippen molar-refractivity contribution in [2.75, 3.05) is 32.1 Å². The van der Waals surface area contributed by atoms with E-state index in [1.165, 1.54) is 7.05 Å². The fraction of sp³-hybridized carbons (Fsp3) is 0.222. The van der Waals surface area contributed by atoms with E-state index in [1.54, 1.807) is 0 Å². The molecule has 6 nitrogen and oxygen atoms in total. The SMILES string of the molecule is CN=C(NCCOc1ccccc1)NCC(=O)Nc1ccc(F)c(F)c1F. The Kier molecular flexibility index (Phi) is 7.48. The van der Waals surface area contributed by atoms with Gasteiger partial charge in [-0.15, -0.1) is 0 Å². The lowest BCUT2D eigenvalue weighted by Gasteiger charge is -2.13. The molecule has 0 spiro atoms. The molecule has 0 heterocycles. The van der Waals surface area contributed by atoms with E-state index in [0.29, 0.717) is 19.1 Å². The fourth-order valence-electron chi connectivity index (χ4n) is 2.06. The number of halogens is 3. The van der Waals surface area contributed by atoms with Crippen molar-refractivity contribution in [1.29, 1.82) is 0 Å². The van der Waals surface area contributed by atoms with E-state index in [-0.39, 0.29) is 6.54 Å². The summed E-state index contributed by atoms with van der Waals surface area (Å²) >= 11 is 0. The van der Waals surface area contributed by atoms with Gasteiger partial charge in [0.2, 0.25) is 5.91 Å². The second kappa shape index (κ2) is 10.0. The first-order chi connectivity index (χ1) is 13.0. The van der Waals surface area contributed by atoms with Crippen LogP contribution in [0.2, 0.25) is 0 Å². The highest BCUT2D eigenvalue weighted by Gasteiger charge is 2.15. The molecule has 144 valence electrons. The molecule has 0 saturated carbocycles. The molecule has 0 aromatic heterocycles. The van der Waals surface area contributed by atoms with Gasteiger partial charge < -0.3 is 20.7 Å². The number of anilines is 1. The number of nitrogens with one attached hydrogen (secondary N) is 3. The van der Waals surface area contributed by atoms with Crippen LogP contribution in [-0.4, -0.2) is 38.6 Å². The summed E-state index contributed by atoms with van der Waals surface area (Å²) in [5.74, 6) is -4.02. The van der Waals surface area contributed by atoms with Crippen molar-refractivity contribution >= 4 is 17.6 Å². The lowest BCUT2D eigenvalue weighted by atomic mass is 10.2. The van der Waals surface area contributed by atoms with Crippen LogP contribution in [0.5, 0.6) is 5.75 Å². The molecule has 0 aliphatic carbocycles. The lowest BCUT2D eigenvalue weighted by molar-refractivity contribution is -0.115. The Balaban J connectivity index is 1.73. The average molecular weight is 380 g/mol. The Bertz CT molecular complexity index is 801. The number of rotatable bonds is 7. The summed E-state index contributed by atoms with van der Waals surface area (Å²) in [6, 6.07) is 10.9. The van der Waals surface area contributed by atoms with Gasteiger partial charge in [-0.3, -0.25) is 9.79 Å². The zero-order chi connectivity index (χ0) is 19.6. The maximum Gasteiger partial charge on any atom is 0.243 e. The third kappa shape index (κ3) is 6.21. The van der Waals surface area contributed by atoms with Gasteiger partial charge in [0.1, 0.15) is 12.4 Å². The van der Waals surface area contributed by atoms with Gasteiger partial charge >= 0.3 is 0 Å². The molecule has 2 aromatic rings. The molecule has 2 rings (SSSR count). The van der Waals surface area contributed by atoms with E-state index in [2.05, 4.69) is 20.9 Å². The van der Waals surface area contributed by atoms with Crippen LogP contribution >= 0.6 is 0 Å². The zero-order valence-electron chi connectivity index (χ0n) is 14.6.